The summed E-state index contributed by atoms with van der Waals surface area (Å²) in [6, 6.07) is 6.48. The minimum absolute atomic E-state index is 0.0142. The minimum atomic E-state index is -0.228. The van der Waals surface area contributed by atoms with Crippen molar-refractivity contribution in [1.29, 1.82) is 0 Å². The zero-order valence-electron chi connectivity index (χ0n) is 9.23. The summed E-state index contributed by atoms with van der Waals surface area (Å²) in [5.41, 5.74) is 0.461. The summed E-state index contributed by atoms with van der Waals surface area (Å²) in [6.45, 7) is 2.46. The van der Waals surface area contributed by atoms with Crippen LogP contribution in [0.3, 0.4) is 0 Å². The first-order valence-corrected chi connectivity index (χ1v) is 5.09. The monoisotopic (exact) mass is 219 g/mol. The predicted molar refractivity (Wildman–Crippen MR) is 62.0 cm³/mol. The van der Waals surface area contributed by atoms with Crippen LogP contribution in [-0.2, 0) is 7.05 Å². The van der Waals surface area contributed by atoms with Crippen LogP contribution in [-0.4, -0.2) is 16.3 Å². The van der Waals surface area contributed by atoms with Gasteiger partial charge in [0.25, 0.3) is 5.56 Å². The summed E-state index contributed by atoms with van der Waals surface area (Å²) in [5, 5.41) is 10.3. The van der Waals surface area contributed by atoms with Gasteiger partial charge in [-0.05, 0) is 25.1 Å². The van der Waals surface area contributed by atoms with Gasteiger partial charge in [-0.25, -0.2) is 0 Å². The minimum Gasteiger partial charge on any atom is -0.507 e. The lowest BCUT2D eigenvalue weighted by Gasteiger charge is -2.08. The van der Waals surface area contributed by atoms with Gasteiger partial charge in [-0.3, -0.25) is 4.79 Å². The van der Waals surface area contributed by atoms with E-state index in [0.29, 0.717) is 23.3 Å². The van der Waals surface area contributed by atoms with Crippen molar-refractivity contribution < 1.29 is 9.84 Å². The highest BCUT2D eigenvalue weighted by Gasteiger charge is 2.06. The van der Waals surface area contributed by atoms with Crippen molar-refractivity contribution in [2.75, 3.05) is 6.61 Å². The second kappa shape index (κ2) is 3.89. The number of aromatic hydroxyl groups is 1. The highest BCUT2D eigenvalue weighted by Crippen LogP contribution is 2.26. The zero-order chi connectivity index (χ0) is 11.7. The molecule has 0 radical (unpaired) electrons. The van der Waals surface area contributed by atoms with Gasteiger partial charge in [0.1, 0.15) is 11.5 Å². The van der Waals surface area contributed by atoms with E-state index in [0.717, 1.165) is 0 Å². The second-order valence-corrected chi connectivity index (χ2v) is 3.54. The molecule has 2 aromatic rings. The highest BCUT2D eigenvalue weighted by atomic mass is 16.5. The van der Waals surface area contributed by atoms with Crippen molar-refractivity contribution in [2.45, 2.75) is 6.92 Å². The molecule has 0 bridgehead atoms. The molecule has 0 aliphatic heterocycles. The van der Waals surface area contributed by atoms with E-state index in [2.05, 4.69) is 0 Å². The van der Waals surface area contributed by atoms with E-state index in [1.54, 1.807) is 25.2 Å². The predicted octanol–water partition coefficient (Wildman–Crippen LogP) is 1.64. The van der Waals surface area contributed by atoms with Gasteiger partial charge in [0.2, 0.25) is 0 Å². The molecule has 16 heavy (non-hydrogen) atoms. The molecule has 1 aromatic carbocycles. The average Bonchev–Trinajstić information content (AvgIpc) is 2.27. The molecule has 1 aromatic heterocycles. The first kappa shape index (κ1) is 10.5. The first-order valence-electron chi connectivity index (χ1n) is 5.09. The molecular formula is C12H13NO3. The van der Waals surface area contributed by atoms with Crippen LogP contribution in [0.25, 0.3) is 10.9 Å². The number of hydrogen-bond acceptors (Lipinski definition) is 3. The molecule has 0 aliphatic rings. The van der Waals surface area contributed by atoms with Gasteiger partial charge >= 0.3 is 0 Å². The van der Waals surface area contributed by atoms with Crippen LogP contribution in [0.2, 0.25) is 0 Å². The van der Waals surface area contributed by atoms with Crippen molar-refractivity contribution in [1.82, 2.24) is 4.57 Å². The summed E-state index contributed by atoms with van der Waals surface area (Å²) >= 11 is 0. The molecular weight excluding hydrogens is 206 g/mol. The third-order valence-corrected chi connectivity index (χ3v) is 2.51. The Labute approximate surface area is 92.7 Å². The Bertz CT molecular complexity index is 587. The van der Waals surface area contributed by atoms with Gasteiger partial charge in [-0.15, -0.1) is 0 Å². The molecule has 0 fully saturated rings. The van der Waals surface area contributed by atoms with Gasteiger partial charge in [0.05, 0.1) is 12.1 Å². The van der Waals surface area contributed by atoms with Crippen LogP contribution in [0.15, 0.2) is 29.1 Å². The Balaban J connectivity index is 2.74. The van der Waals surface area contributed by atoms with Crippen LogP contribution in [0, 0.1) is 0 Å². The van der Waals surface area contributed by atoms with E-state index in [4.69, 9.17) is 4.74 Å². The Morgan fingerprint density at radius 3 is 2.81 bits per heavy atom. The van der Waals surface area contributed by atoms with Gasteiger partial charge in [0.15, 0.2) is 0 Å². The lowest BCUT2D eigenvalue weighted by molar-refractivity contribution is 0.340. The molecule has 0 atom stereocenters. The number of fused-ring (bicyclic) bond motifs is 1. The standard InChI is InChI=1S/C12H13NO3/c1-3-16-8-4-5-10-9(6-8)11(14)7-12(15)13(10)2/h4-7,14H,3H2,1-2H3. The fourth-order valence-corrected chi connectivity index (χ4v) is 1.68. The Hall–Kier alpha value is -1.97. The fraction of sp³-hybridized carbons (Fsp3) is 0.250. The summed E-state index contributed by atoms with van der Waals surface area (Å²) in [6.07, 6.45) is 0. The fourth-order valence-electron chi connectivity index (χ4n) is 1.68. The molecule has 1 heterocycles. The van der Waals surface area contributed by atoms with Crippen LogP contribution >= 0.6 is 0 Å². The molecule has 4 nitrogen and oxygen atoms in total. The lowest BCUT2D eigenvalue weighted by atomic mass is 10.2. The lowest BCUT2D eigenvalue weighted by Crippen LogP contribution is -2.15. The van der Waals surface area contributed by atoms with E-state index in [1.165, 1.54) is 10.6 Å². The number of hydrogen-bond donors (Lipinski definition) is 1. The summed E-state index contributed by atoms with van der Waals surface area (Å²) in [7, 11) is 1.67. The molecule has 0 saturated carbocycles. The van der Waals surface area contributed by atoms with E-state index < -0.39 is 0 Å². The number of ether oxygens (including phenoxy) is 1. The quantitative estimate of drug-likeness (QED) is 0.835. The highest BCUT2D eigenvalue weighted by molar-refractivity contribution is 5.86. The van der Waals surface area contributed by atoms with Gasteiger partial charge in [-0.1, -0.05) is 0 Å². The summed E-state index contributed by atoms with van der Waals surface area (Å²) in [4.78, 5) is 11.4. The van der Waals surface area contributed by atoms with Crippen LogP contribution in [0.4, 0.5) is 0 Å². The number of nitrogens with zero attached hydrogens (tertiary/aromatic N) is 1. The number of benzene rings is 1. The molecule has 0 aliphatic carbocycles. The van der Waals surface area contributed by atoms with Crippen LogP contribution in [0.5, 0.6) is 11.5 Å². The van der Waals surface area contributed by atoms with Crippen molar-refractivity contribution in [3.05, 3.63) is 34.6 Å². The molecule has 4 heteroatoms. The summed E-state index contributed by atoms with van der Waals surface area (Å²) < 4.78 is 6.83. The molecule has 84 valence electrons. The van der Waals surface area contributed by atoms with Gasteiger partial charge in [0, 0.05) is 18.5 Å². The molecule has 0 spiro atoms. The van der Waals surface area contributed by atoms with E-state index in [9.17, 15) is 9.90 Å². The maximum atomic E-state index is 11.4. The largest absolute Gasteiger partial charge is 0.507 e. The van der Waals surface area contributed by atoms with Crippen molar-refractivity contribution in [3.8, 4) is 11.5 Å². The molecule has 2 rings (SSSR count). The molecule has 0 saturated heterocycles. The van der Waals surface area contributed by atoms with Crippen LogP contribution < -0.4 is 10.3 Å². The Morgan fingerprint density at radius 2 is 2.12 bits per heavy atom. The SMILES string of the molecule is CCOc1ccc2c(c1)c(O)cc(=O)n2C. The van der Waals surface area contributed by atoms with Crippen molar-refractivity contribution >= 4 is 10.9 Å². The van der Waals surface area contributed by atoms with Crippen molar-refractivity contribution in [3.63, 3.8) is 0 Å². The maximum absolute atomic E-state index is 11.4. The van der Waals surface area contributed by atoms with E-state index in [1.807, 2.05) is 6.92 Å². The zero-order valence-corrected chi connectivity index (χ0v) is 9.23. The topological polar surface area (TPSA) is 51.5 Å². The van der Waals surface area contributed by atoms with Crippen molar-refractivity contribution in [2.24, 2.45) is 7.05 Å². The maximum Gasteiger partial charge on any atom is 0.254 e. The van der Waals surface area contributed by atoms with Crippen LogP contribution in [0.1, 0.15) is 6.92 Å². The third-order valence-electron chi connectivity index (χ3n) is 2.51. The van der Waals surface area contributed by atoms with E-state index >= 15 is 0 Å². The molecule has 0 amide bonds. The smallest absolute Gasteiger partial charge is 0.254 e. The summed E-state index contributed by atoms with van der Waals surface area (Å²) in [5.74, 6) is 0.670. The van der Waals surface area contributed by atoms with Gasteiger partial charge < -0.3 is 14.4 Å². The molecule has 1 N–H and O–H groups in total. The Kier molecular flexibility index (Phi) is 2.56. The Morgan fingerprint density at radius 1 is 1.38 bits per heavy atom. The number of aryl methyl sites for hydroxylation is 1. The van der Waals surface area contributed by atoms with E-state index in [-0.39, 0.29) is 11.3 Å². The van der Waals surface area contributed by atoms with Gasteiger partial charge in [-0.2, -0.15) is 0 Å². The third kappa shape index (κ3) is 1.62. The molecule has 0 unspecified atom stereocenters. The average molecular weight is 219 g/mol. The number of aromatic nitrogens is 1. The number of pyridine rings is 1. The normalized spacial score (nSPS) is 10.6. The number of rotatable bonds is 2. The first-order chi connectivity index (χ1) is 7.63. The second-order valence-electron chi connectivity index (χ2n) is 3.54.